The number of pyridine rings is 1. The van der Waals surface area contributed by atoms with Gasteiger partial charge in [-0.1, -0.05) is 6.92 Å². The molecule has 1 aliphatic rings. The van der Waals surface area contributed by atoms with Gasteiger partial charge in [-0.3, -0.25) is 10.3 Å². The van der Waals surface area contributed by atoms with Gasteiger partial charge in [0.2, 0.25) is 0 Å². The standard InChI is InChI=1S/C13H21N5/c1-3-17-6-7-18(9-10(17)2)12-8-11(13(14)15)4-5-16-12/h4-5,8,10H,3,6-7,9H2,1-2H3,(H3,14,15). The summed E-state index contributed by atoms with van der Waals surface area (Å²) in [6, 6.07) is 4.21. The number of amidine groups is 1. The second-order valence-electron chi connectivity index (χ2n) is 4.74. The van der Waals surface area contributed by atoms with Crippen LogP contribution in [0.1, 0.15) is 19.4 Å². The molecule has 2 heterocycles. The molecule has 1 aliphatic heterocycles. The van der Waals surface area contributed by atoms with Crippen molar-refractivity contribution in [3.8, 4) is 0 Å². The third-order valence-corrected chi connectivity index (χ3v) is 3.55. The van der Waals surface area contributed by atoms with E-state index in [1.54, 1.807) is 12.3 Å². The minimum atomic E-state index is 0.0962. The maximum Gasteiger partial charge on any atom is 0.129 e. The van der Waals surface area contributed by atoms with Crippen LogP contribution in [0.3, 0.4) is 0 Å². The van der Waals surface area contributed by atoms with E-state index in [1.165, 1.54) is 0 Å². The topological polar surface area (TPSA) is 69.2 Å². The highest BCUT2D eigenvalue weighted by molar-refractivity contribution is 5.95. The number of nitrogens with two attached hydrogens (primary N) is 1. The minimum Gasteiger partial charge on any atom is -0.384 e. The number of piperazine rings is 1. The molecule has 98 valence electrons. The van der Waals surface area contributed by atoms with Crippen LogP contribution in [0.25, 0.3) is 0 Å². The Morgan fingerprint density at radius 1 is 1.56 bits per heavy atom. The summed E-state index contributed by atoms with van der Waals surface area (Å²) in [5, 5.41) is 7.47. The van der Waals surface area contributed by atoms with Crippen molar-refractivity contribution >= 4 is 11.7 Å². The van der Waals surface area contributed by atoms with Crippen LogP contribution in [0.2, 0.25) is 0 Å². The first-order chi connectivity index (χ1) is 8.61. The van der Waals surface area contributed by atoms with E-state index in [2.05, 4.69) is 28.6 Å². The normalized spacial score (nSPS) is 21.0. The van der Waals surface area contributed by atoms with Crippen LogP contribution in [0.15, 0.2) is 18.3 Å². The van der Waals surface area contributed by atoms with E-state index >= 15 is 0 Å². The zero-order valence-electron chi connectivity index (χ0n) is 11.1. The molecule has 18 heavy (non-hydrogen) atoms. The summed E-state index contributed by atoms with van der Waals surface area (Å²) in [5.74, 6) is 1.02. The van der Waals surface area contributed by atoms with Crippen molar-refractivity contribution < 1.29 is 0 Å². The van der Waals surface area contributed by atoms with Crippen LogP contribution in [0, 0.1) is 5.41 Å². The lowest BCUT2D eigenvalue weighted by Crippen LogP contribution is -2.52. The van der Waals surface area contributed by atoms with Crippen LogP contribution in [0.4, 0.5) is 5.82 Å². The van der Waals surface area contributed by atoms with Crippen LogP contribution >= 0.6 is 0 Å². The fraction of sp³-hybridized carbons (Fsp3) is 0.538. The fourth-order valence-corrected chi connectivity index (χ4v) is 2.43. The number of nitrogens with one attached hydrogen (secondary N) is 1. The van der Waals surface area contributed by atoms with Crippen molar-refractivity contribution in [2.45, 2.75) is 19.9 Å². The smallest absolute Gasteiger partial charge is 0.129 e. The highest BCUT2D eigenvalue weighted by Gasteiger charge is 2.23. The third-order valence-electron chi connectivity index (χ3n) is 3.55. The fourth-order valence-electron chi connectivity index (χ4n) is 2.43. The predicted octanol–water partition coefficient (Wildman–Crippen LogP) is 0.896. The van der Waals surface area contributed by atoms with Crippen LogP contribution in [0.5, 0.6) is 0 Å². The van der Waals surface area contributed by atoms with Gasteiger partial charge in [-0.2, -0.15) is 0 Å². The lowest BCUT2D eigenvalue weighted by Gasteiger charge is -2.40. The number of nitrogens with zero attached hydrogens (tertiary/aromatic N) is 3. The first-order valence-corrected chi connectivity index (χ1v) is 6.41. The summed E-state index contributed by atoms with van der Waals surface area (Å²) >= 11 is 0. The molecular weight excluding hydrogens is 226 g/mol. The molecule has 2 rings (SSSR count). The van der Waals surface area contributed by atoms with E-state index in [0.29, 0.717) is 6.04 Å². The average molecular weight is 247 g/mol. The van der Waals surface area contributed by atoms with Gasteiger partial charge in [0.1, 0.15) is 11.7 Å². The summed E-state index contributed by atoms with van der Waals surface area (Å²) < 4.78 is 0. The first kappa shape index (κ1) is 12.8. The Labute approximate surface area is 108 Å². The van der Waals surface area contributed by atoms with Gasteiger partial charge in [-0.15, -0.1) is 0 Å². The molecule has 5 nitrogen and oxygen atoms in total. The molecule has 1 aromatic heterocycles. The SMILES string of the molecule is CCN1CCN(c2cc(C(=N)N)ccn2)CC1C. The molecule has 0 radical (unpaired) electrons. The number of aromatic nitrogens is 1. The zero-order valence-corrected chi connectivity index (χ0v) is 11.1. The second kappa shape index (κ2) is 5.35. The third kappa shape index (κ3) is 2.61. The number of rotatable bonds is 3. The van der Waals surface area contributed by atoms with Gasteiger partial charge in [0, 0.05) is 37.4 Å². The average Bonchev–Trinajstić information content (AvgIpc) is 2.38. The van der Waals surface area contributed by atoms with E-state index in [9.17, 15) is 0 Å². The molecular formula is C13H21N5. The second-order valence-corrected chi connectivity index (χ2v) is 4.74. The Balaban J connectivity index is 2.13. The van der Waals surface area contributed by atoms with Crippen LogP contribution < -0.4 is 10.6 Å². The predicted molar refractivity (Wildman–Crippen MR) is 74.2 cm³/mol. The van der Waals surface area contributed by atoms with Gasteiger partial charge in [-0.25, -0.2) is 4.98 Å². The molecule has 1 atom stereocenters. The molecule has 5 heteroatoms. The van der Waals surface area contributed by atoms with E-state index in [1.807, 2.05) is 6.07 Å². The van der Waals surface area contributed by atoms with E-state index in [0.717, 1.165) is 37.6 Å². The van der Waals surface area contributed by atoms with Crippen molar-refractivity contribution in [1.82, 2.24) is 9.88 Å². The Morgan fingerprint density at radius 2 is 2.33 bits per heavy atom. The highest BCUT2D eigenvalue weighted by Crippen LogP contribution is 2.17. The van der Waals surface area contributed by atoms with Crippen molar-refractivity contribution in [3.63, 3.8) is 0 Å². The summed E-state index contributed by atoms with van der Waals surface area (Å²) in [4.78, 5) is 9.12. The first-order valence-electron chi connectivity index (χ1n) is 6.41. The van der Waals surface area contributed by atoms with Crippen LogP contribution in [-0.2, 0) is 0 Å². The van der Waals surface area contributed by atoms with Gasteiger partial charge < -0.3 is 10.6 Å². The Hall–Kier alpha value is -1.62. The summed E-state index contributed by atoms with van der Waals surface area (Å²) in [6.45, 7) is 8.54. The van der Waals surface area contributed by atoms with Crippen molar-refractivity contribution in [2.24, 2.45) is 5.73 Å². The molecule has 0 bridgehead atoms. The van der Waals surface area contributed by atoms with E-state index in [4.69, 9.17) is 11.1 Å². The van der Waals surface area contributed by atoms with Crippen molar-refractivity contribution in [3.05, 3.63) is 23.9 Å². The Bertz CT molecular complexity index is 431. The molecule has 1 unspecified atom stereocenters. The lowest BCUT2D eigenvalue weighted by molar-refractivity contribution is 0.199. The number of anilines is 1. The molecule has 3 N–H and O–H groups in total. The number of likely N-dealkylation sites (N-methyl/N-ethyl adjacent to an activating group) is 1. The number of hydrogen-bond acceptors (Lipinski definition) is 4. The quantitative estimate of drug-likeness (QED) is 0.615. The molecule has 0 aromatic carbocycles. The minimum absolute atomic E-state index is 0.0962. The van der Waals surface area contributed by atoms with Crippen LogP contribution in [-0.4, -0.2) is 47.9 Å². The Kier molecular flexibility index (Phi) is 3.81. The summed E-state index contributed by atoms with van der Waals surface area (Å²) in [7, 11) is 0. The van der Waals surface area contributed by atoms with Gasteiger partial charge in [0.15, 0.2) is 0 Å². The molecule has 0 saturated carbocycles. The zero-order chi connectivity index (χ0) is 13.1. The molecule has 0 aliphatic carbocycles. The summed E-state index contributed by atoms with van der Waals surface area (Å²) in [6.07, 6.45) is 1.73. The highest BCUT2D eigenvalue weighted by atomic mass is 15.3. The van der Waals surface area contributed by atoms with E-state index in [-0.39, 0.29) is 5.84 Å². The molecule has 1 saturated heterocycles. The van der Waals surface area contributed by atoms with Gasteiger partial charge >= 0.3 is 0 Å². The summed E-state index contributed by atoms with van der Waals surface area (Å²) in [5.41, 5.74) is 6.25. The maximum atomic E-state index is 7.47. The molecule has 1 fully saturated rings. The van der Waals surface area contributed by atoms with Crippen molar-refractivity contribution in [2.75, 3.05) is 31.1 Å². The van der Waals surface area contributed by atoms with Gasteiger partial charge in [0.05, 0.1) is 0 Å². The van der Waals surface area contributed by atoms with Crippen molar-refractivity contribution in [1.29, 1.82) is 5.41 Å². The monoisotopic (exact) mass is 247 g/mol. The van der Waals surface area contributed by atoms with Gasteiger partial charge in [0.25, 0.3) is 0 Å². The molecule has 0 amide bonds. The van der Waals surface area contributed by atoms with Gasteiger partial charge in [-0.05, 0) is 25.6 Å². The Morgan fingerprint density at radius 3 is 2.94 bits per heavy atom. The largest absolute Gasteiger partial charge is 0.384 e. The number of nitrogen functional groups attached to an aromatic ring is 1. The maximum absolute atomic E-state index is 7.47. The number of hydrogen-bond donors (Lipinski definition) is 2. The molecule has 0 spiro atoms. The molecule has 1 aromatic rings. The van der Waals surface area contributed by atoms with E-state index < -0.39 is 0 Å². The lowest BCUT2D eigenvalue weighted by atomic mass is 10.1.